The van der Waals surface area contributed by atoms with E-state index < -0.39 is 0 Å². The summed E-state index contributed by atoms with van der Waals surface area (Å²) in [4.78, 5) is 11.1. The van der Waals surface area contributed by atoms with Gasteiger partial charge in [-0.1, -0.05) is 6.92 Å². The van der Waals surface area contributed by atoms with Gasteiger partial charge in [0, 0.05) is 17.8 Å². The summed E-state index contributed by atoms with van der Waals surface area (Å²) in [5.74, 6) is 0.132. The molecule has 4 nitrogen and oxygen atoms in total. The zero-order valence-electron chi connectivity index (χ0n) is 8.63. The number of amides is 1. The minimum Gasteiger partial charge on any atom is -0.505 e. The Bertz CT molecular complexity index is 402. The Morgan fingerprint density at radius 3 is 3.07 bits per heavy atom. The smallest absolute Gasteiger partial charge is 0.229 e. The van der Waals surface area contributed by atoms with Crippen LogP contribution in [0.3, 0.4) is 0 Å². The highest BCUT2D eigenvalue weighted by atomic mass is 16.3. The maximum absolute atomic E-state index is 11.1. The minimum absolute atomic E-state index is 0.0621. The number of rotatable bonds is 3. The van der Waals surface area contributed by atoms with Gasteiger partial charge >= 0.3 is 0 Å². The lowest BCUT2D eigenvalue weighted by Crippen LogP contribution is -2.03. The number of phenolic OH excluding ortho intramolecular Hbond substituents is 1. The van der Waals surface area contributed by atoms with Gasteiger partial charge in [0.25, 0.3) is 0 Å². The number of fused-ring (bicyclic) bond motifs is 1. The second-order valence-electron chi connectivity index (χ2n) is 3.64. The van der Waals surface area contributed by atoms with Crippen molar-refractivity contribution >= 4 is 17.3 Å². The lowest BCUT2D eigenvalue weighted by molar-refractivity contribution is -0.115. The predicted molar refractivity (Wildman–Crippen MR) is 59.2 cm³/mol. The van der Waals surface area contributed by atoms with Crippen molar-refractivity contribution in [2.75, 3.05) is 17.2 Å². The number of benzene rings is 1. The largest absolute Gasteiger partial charge is 0.505 e. The first-order valence-electron chi connectivity index (χ1n) is 5.11. The summed E-state index contributed by atoms with van der Waals surface area (Å²) >= 11 is 0. The molecule has 1 amide bonds. The molecule has 1 heterocycles. The van der Waals surface area contributed by atoms with E-state index in [2.05, 4.69) is 17.6 Å². The fourth-order valence-electron chi connectivity index (χ4n) is 1.69. The van der Waals surface area contributed by atoms with Crippen molar-refractivity contribution in [2.45, 2.75) is 19.8 Å². The number of aromatic hydroxyl groups is 1. The molecule has 0 saturated heterocycles. The van der Waals surface area contributed by atoms with Gasteiger partial charge in [0.05, 0.1) is 12.1 Å². The van der Waals surface area contributed by atoms with E-state index in [4.69, 9.17) is 0 Å². The molecule has 0 fully saturated rings. The number of phenols is 1. The second-order valence-corrected chi connectivity index (χ2v) is 3.64. The Hall–Kier alpha value is -1.71. The van der Waals surface area contributed by atoms with Crippen LogP contribution in [0.15, 0.2) is 12.1 Å². The van der Waals surface area contributed by atoms with Gasteiger partial charge in [-0.05, 0) is 18.6 Å². The molecule has 1 aliphatic rings. The van der Waals surface area contributed by atoms with E-state index >= 15 is 0 Å². The van der Waals surface area contributed by atoms with Gasteiger partial charge in [-0.25, -0.2) is 0 Å². The van der Waals surface area contributed by atoms with Crippen LogP contribution in [0, 0.1) is 0 Å². The number of hydrogen-bond acceptors (Lipinski definition) is 3. The quantitative estimate of drug-likeness (QED) is 0.660. The van der Waals surface area contributed by atoms with E-state index in [0.29, 0.717) is 11.3 Å². The van der Waals surface area contributed by atoms with Crippen LogP contribution in [0.4, 0.5) is 11.4 Å². The van der Waals surface area contributed by atoms with E-state index in [9.17, 15) is 9.90 Å². The standard InChI is InChI=1S/C11H14N2O2/c1-2-5-12-9-4-3-8-7(11(9)15)6-10(14)13-8/h3-4,12,15H,2,5-6H2,1H3,(H,13,14). The highest BCUT2D eigenvalue weighted by Gasteiger charge is 2.22. The summed E-state index contributed by atoms with van der Waals surface area (Å²) in [5.41, 5.74) is 2.12. The zero-order chi connectivity index (χ0) is 10.8. The van der Waals surface area contributed by atoms with Crippen molar-refractivity contribution in [2.24, 2.45) is 0 Å². The molecule has 15 heavy (non-hydrogen) atoms. The van der Waals surface area contributed by atoms with Crippen LogP contribution in [0.1, 0.15) is 18.9 Å². The van der Waals surface area contributed by atoms with Gasteiger partial charge in [-0.15, -0.1) is 0 Å². The third kappa shape index (κ3) is 1.75. The summed E-state index contributed by atoms with van der Waals surface area (Å²) in [5, 5.41) is 15.7. The Balaban J connectivity index is 2.29. The third-order valence-corrected chi connectivity index (χ3v) is 2.46. The van der Waals surface area contributed by atoms with Crippen molar-refractivity contribution in [1.29, 1.82) is 0 Å². The molecule has 1 aromatic carbocycles. The predicted octanol–water partition coefficient (Wildman–Crippen LogP) is 1.71. The van der Waals surface area contributed by atoms with Crippen LogP contribution in [-0.2, 0) is 11.2 Å². The molecule has 0 aliphatic carbocycles. The van der Waals surface area contributed by atoms with Gasteiger partial charge in [0.1, 0.15) is 5.75 Å². The molecule has 80 valence electrons. The lowest BCUT2D eigenvalue weighted by atomic mass is 10.1. The maximum Gasteiger partial charge on any atom is 0.229 e. The molecule has 3 N–H and O–H groups in total. The van der Waals surface area contributed by atoms with Crippen LogP contribution in [0.5, 0.6) is 5.75 Å². The molecule has 2 rings (SSSR count). The summed E-state index contributed by atoms with van der Waals surface area (Å²) in [7, 11) is 0. The minimum atomic E-state index is -0.0621. The van der Waals surface area contributed by atoms with Gasteiger partial charge in [-0.3, -0.25) is 4.79 Å². The van der Waals surface area contributed by atoms with Crippen LogP contribution in [0.25, 0.3) is 0 Å². The van der Waals surface area contributed by atoms with Crippen molar-refractivity contribution < 1.29 is 9.90 Å². The molecule has 1 aromatic rings. The molecular formula is C11H14N2O2. The van der Waals surface area contributed by atoms with Crippen LogP contribution in [0.2, 0.25) is 0 Å². The SMILES string of the molecule is CCCNc1ccc2c(c1O)CC(=O)N2. The first-order chi connectivity index (χ1) is 7.22. The Morgan fingerprint density at radius 1 is 1.53 bits per heavy atom. The fourth-order valence-corrected chi connectivity index (χ4v) is 1.69. The molecule has 1 aliphatic heterocycles. The van der Waals surface area contributed by atoms with Crippen molar-refractivity contribution in [3.63, 3.8) is 0 Å². The van der Waals surface area contributed by atoms with Gasteiger partial charge in [0.2, 0.25) is 5.91 Å². The maximum atomic E-state index is 11.1. The van der Waals surface area contributed by atoms with E-state index in [1.54, 1.807) is 6.07 Å². The fraction of sp³-hybridized carbons (Fsp3) is 0.364. The summed E-state index contributed by atoms with van der Waals surface area (Å²) in [6, 6.07) is 3.60. The highest BCUT2D eigenvalue weighted by molar-refractivity contribution is 6.01. The van der Waals surface area contributed by atoms with Crippen LogP contribution in [-0.4, -0.2) is 17.6 Å². The van der Waals surface area contributed by atoms with Crippen molar-refractivity contribution in [3.05, 3.63) is 17.7 Å². The van der Waals surface area contributed by atoms with Crippen molar-refractivity contribution in [3.8, 4) is 5.75 Å². The van der Waals surface area contributed by atoms with E-state index in [1.807, 2.05) is 6.07 Å². The Labute approximate surface area is 88.3 Å². The summed E-state index contributed by atoms with van der Waals surface area (Å²) < 4.78 is 0. The second kappa shape index (κ2) is 3.81. The molecule has 0 aromatic heterocycles. The van der Waals surface area contributed by atoms with Crippen molar-refractivity contribution in [1.82, 2.24) is 0 Å². The van der Waals surface area contributed by atoms with Gasteiger partial charge in [0.15, 0.2) is 0 Å². The summed E-state index contributed by atoms with van der Waals surface area (Å²) in [6.45, 7) is 2.87. The molecule has 0 spiro atoms. The Morgan fingerprint density at radius 2 is 2.33 bits per heavy atom. The number of hydrogen-bond donors (Lipinski definition) is 3. The molecule has 0 bridgehead atoms. The lowest BCUT2D eigenvalue weighted by Gasteiger charge is -2.09. The molecule has 0 atom stereocenters. The van der Waals surface area contributed by atoms with E-state index in [-0.39, 0.29) is 18.1 Å². The molecule has 0 unspecified atom stereocenters. The summed E-state index contributed by atoms with van der Waals surface area (Å²) in [6.07, 6.45) is 1.26. The van der Waals surface area contributed by atoms with Crippen LogP contribution < -0.4 is 10.6 Å². The molecule has 0 radical (unpaired) electrons. The van der Waals surface area contributed by atoms with Gasteiger partial charge in [-0.2, -0.15) is 0 Å². The molecule has 0 saturated carbocycles. The number of anilines is 2. The van der Waals surface area contributed by atoms with Crippen LogP contribution >= 0.6 is 0 Å². The normalized spacial score (nSPS) is 13.5. The van der Waals surface area contributed by atoms with E-state index in [0.717, 1.165) is 18.7 Å². The number of nitrogens with one attached hydrogen (secondary N) is 2. The van der Waals surface area contributed by atoms with Gasteiger partial charge < -0.3 is 15.7 Å². The average Bonchev–Trinajstić information content (AvgIpc) is 2.59. The highest BCUT2D eigenvalue weighted by Crippen LogP contribution is 2.36. The molecular weight excluding hydrogens is 192 g/mol. The average molecular weight is 206 g/mol. The third-order valence-electron chi connectivity index (χ3n) is 2.46. The first-order valence-corrected chi connectivity index (χ1v) is 5.11. The zero-order valence-corrected chi connectivity index (χ0v) is 8.63. The van der Waals surface area contributed by atoms with E-state index in [1.165, 1.54) is 0 Å². The number of carbonyl (C=O) groups excluding carboxylic acids is 1. The molecule has 4 heteroatoms. The Kier molecular flexibility index (Phi) is 2.49. The topological polar surface area (TPSA) is 61.4 Å². The first kappa shape index (κ1) is 9.83. The monoisotopic (exact) mass is 206 g/mol. The number of carbonyl (C=O) groups is 1.